The third kappa shape index (κ3) is 3.17. The van der Waals surface area contributed by atoms with Gasteiger partial charge in [-0.1, -0.05) is 36.6 Å². The maximum absolute atomic E-state index is 13.4. The summed E-state index contributed by atoms with van der Waals surface area (Å²) in [6, 6.07) is 11.1. The van der Waals surface area contributed by atoms with Gasteiger partial charge in [-0.2, -0.15) is 5.10 Å². The normalized spacial score (nSPS) is 25.5. The topological polar surface area (TPSA) is 68.2 Å². The molecule has 0 spiro atoms. The smallest absolute Gasteiger partial charge is 0.231 e. The van der Waals surface area contributed by atoms with E-state index in [4.69, 9.17) is 11.6 Å². The maximum Gasteiger partial charge on any atom is 0.231 e. The Morgan fingerprint density at radius 3 is 2.73 bits per heavy atom. The predicted octanol–water partition coefficient (Wildman–Crippen LogP) is 3.64. The van der Waals surface area contributed by atoms with Crippen LogP contribution in [0.25, 0.3) is 0 Å². The molecule has 2 fully saturated rings. The fourth-order valence-electron chi connectivity index (χ4n) is 4.82. The average Bonchev–Trinajstić information content (AvgIpc) is 3.19. The average molecular weight is 429 g/mol. The minimum atomic E-state index is -0.463. The first-order valence-electron chi connectivity index (χ1n) is 10.2. The molecule has 3 aliphatic rings. The lowest BCUT2D eigenvalue weighted by Crippen LogP contribution is -2.67. The Labute approximate surface area is 178 Å². The molecule has 30 heavy (non-hydrogen) atoms. The van der Waals surface area contributed by atoms with Gasteiger partial charge in [-0.25, -0.2) is 4.39 Å². The van der Waals surface area contributed by atoms with E-state index in [1.165, 1.54) is 12.1 Å². The molecule has 5 rings (SSSR count). The van der Waals surface area contributed by atoms with Crippen molar-refractivity contribution in [3.8, 4) is 5.75 Å². The van der Waals surface area contributed by atoms with Crippen molar-refractivity contribution in [2.75, 3.05) is 0 Å². The minimum Gasteiger partial charge on any atom is -0.507 e. The van der Waals surface area contributed by atoms with Crippen molar-refractivity contribution in [2.45, 2.75) is 44.6 Å². The van der Waals surface area contributed by atoms with E-state index in [1.54, 1.807) is 35.2 Å². The third-order valence-electron chi connectivity index (χ3n) is 6.24. The standard InChI is InChI=1S/C22H22ClFN4O2/c23-14-7-10-19(29)17(11-14)20-25-26-22-27(12-13-5-8-15(24)9-6-13)21(30)16-3-1-2-4-18(16)28(20)22/h5-11,16,18,22,26,29H,1-4,12H2. The van der Waals surface area contributed by atoms with Crippen LogP contribution >= 0.6 is 11.6 Å². The van der Waals surface area contributed by atoms with Crippen molar-refractivity contribution in [2.24, 2.45) is 11.0 Å². The van der Waals surface area contributed by atoms with Crippen molar-refractivity contribution < 1.29 is 14.3 Å². The highest BCUT2D eigenvalue weighted by Crippen LogP contribution is 2.39. The molecule has 1 saturated heterocycles. The third-order valence-corrected chi connectivity index (χ3v) is 6.48. The van der Waals surface area contributed by atoms with Crippen LogP contribution in [0, 0.1) is 11.7 Å². The van der Waals surface area contributed by atoms with Crippen molar-refractivity contribution >= 4 is 23.3 Å². The van der Waals surface area contributed by atoms with E-state index >= 15 is 0 Å². The number of aromatic hydroxyl groups is 1. The molecule has 6 nitrogen and oxygen atoms in total. The Kier molecular flexibility index (Phi) is 4.77. The monoisotopic (exact) mass is 428 g/mol. The minimum absolute atomic E-state index is 0.00727. The summed E-state index contributed by atoms with van der Waals surface area (Å²) in [5.74, 6) is 0.327. The first-order valence-corrected chi connectivity index (χ1v) is 10.6. The van der Waals surface area contributed by atoms with Gasteiger partial charge in [0.05, 0.1) is 11.5 Å². The lowest BCUT2D eigenvalue weighted by Gasteiger charge is -2.50. The van der Waals surface area contributed by atoms with Crippen molar-refractivity contribution in [1.29, 1.82) is 0 Å². The summed E-state index contributed by atoms with van der Waals surface area (Å²) in [4.78, 5) is 17.3. The number of amides is 1. The fourth-order valence-corrected chi connectivity index (χ4v) is 4.99. The quantitative estimate of drug-likeness (QED) is 0.783. The lowest BCUT2D eigenvalue weighted by molar-refractivity contribution is -0.156. The number of carbonyl (C=O) groups is 1. The van der Waals surface area contributed by atoms with E-state index in [1.807, 2.05) is 0 Å². The zero-order valence-electron chi connectivity index (χ0n) is 16.3. The van der Waals surface area contributed by atoms with Crippen molar-refractivity contribution in [3.05, 3.63) is 64.4 Å². The summed E-state index contributed by atoms with van der Waals surface area (Å²) >= 11 is 6.18. The molecule has 2 N–H and O–H groups in total. The van der Waals surface area contributed by atoms with Crippen LogP contribution in [0.3, 0.4) is 0 Å². The Bertz CT molecular complexity index is 1010. The van der Waals surface area contributed by atoms with Crippen molar-refractivity contribution in [3.63, 3.8) is 0 Å². The van der Waals surface area contributed by atoms with E-state index < -0.39 is 6.29 Å². The van der Waals surface area contributed by atoms with Crippen LogP contribution in [0.2, 0.25) is 5.02 Å². The molecule has 1 saturated carbocycles. The lowest BCUT2D eigenvalue weighted by atomic mass is 9.80. The van der Waals surface area contributed by atoms with E-state index in [0.29, 0.717) is 23.0 Å². The Morgan fingerprint density at radius 1 is 1.17 bits per heavy atom. The number of halogens is 2. The molecule has 0 bridgehead atoms. The van der Waals surface area contributed by atoms with E-state index in [-0.39, 0.29) is 29.4 Å². The zero-order valence-corrected chi connectivity index (χ0v) is 17.0. The summed E-state index contributed by atoms with van der Waals surface area (Å²) in [6.07, 6.45) is 3.30. The summed E-state index contributed by atoms with van der Waals surface area (Å²) < 4.78 is 13.3. The summed E-state index contributed by atoms with van der Waals surface area (Å²) in [6.45, 7) is 0.348. The van der Waals surface area contributed by atoms with E-state index in [9.17, 15) is 14.3 Å². The van der Waals surface area contributed by atoms with Crippen LogP contribution in [0.1, 0.15) is 36.8 Å². The van der Waals surface area contributed by atoms with Gasteiger partial charge in [0, 0.05) is 17.6 Å². The van der Waals surface area contributed by atoms with Crippen LogP contribution in [-0.4, -0.2) is 39.0 Å². The fraction of sp³-hybridized carbons (Fsp3) is 0.364. The Hall–Kier alpha value is -2.80. The van der Waals surface area contributed by atoms with Gasteiger partial charge >= 0.3 is 0 Å². The number of phenolic OH excluding ortho intramolecular Hbond substituents is 1. The number of phenols is 1. The van der Waals surface area contributed by atoms with Crippen molar-refractivity contribution in [1.82, 2.24) is 15.2 Å². The van der Waals surface area contributed by atoms with Gasteiger partial charge in [0.15, 0.2) is 12.1 Å². The highest BCUT2D eigenvalue weighted by molar-refractivity contribution is 6.31. The molecule has 3 atom stereocenters. The van der Waals surface area contributed by atoms with Crippen LogP contribution in [0.15, 0.2) is 47.6 Å². The summed E-state index contributed by atoms with van der Waals surface area (Å²) in [5, 5.41) is 15.5. The number of fused-ring (bicyclic) bond motifs is 3. The number of nitrogens with one attached hydrogen (secondary N) is 1. The molecule has 2 heterocycles. The number of hydrazone groups is 1. The molecule has 0 radical (unpaired) electrons. The molecular formula is C22H22ClFN4O2. The zero-order chi connectivity index (χ0) is 20.8. The van der Waals surface area contributed by atoms with Gasteiger partial charge in [0.25, 0.3) is 0 Å². The Morgan fingerprint density at radius 2 is 1.93 bits per heavy atom. The molecule has 2 aliphatic heterocycles. The highest BCUT2D eigenvalue weighted by atomic mass is 35.5. The molecule has 156 valence electrons. The molecule has 2 aromatic carbocycles. The maximum atomic E-state index is 13.4. The van der Waals surface area contributed by atoms with Crippen LogP contribution in [-0.2, 0) is 11.3 Å². The van der Waals surface area contributed by atoms with Crippen LogP contribution < -0.4 is 5.43 Å². The van der Waals surface area contributed by atoms with Gasteiger partial charge in [-0.15, -0.1) is 0 Å². The first-order chi connectivity index (χ1) is 14.5. The summed E-state index contributed by atoms with van der Waals surface area (Å²) in [7, 11) is 0. The van der Waals surface area contributed by atoms with Gasteiger partial charge in [-0.3, -0.25) is 15.1 Å². The van der Waals surface area contributed by atoms with E-state index in [2.05, 4.69) is 15.4 Å². The largest absolute Gasteiger partial charge is 0.507 e. The molecule has 1 amide bonds. The Balaban J connectivity index is 1.52. The molecule has 2 aromatic rings. The number of nitrogens with zero attached hydrogens (tertiary/aromatic N) is 3. The van der Waals surface area contributed by atoms with Gasteiger partial charge in [0.1, 0.15) is 11.6 Å². The number of hydrogen-bond acceptors (Lipinski definition) is 5. The predicted molar refractivity (Wildman–Crippen MR) is 111 cm³/mol. The second kappa shape index (κ2) is 7.47. The number of rotatable bonds is 3. The summed E-state index contributed by atoms with van der Waals surface area (Å²) in [5.41, 5.74) is 4.48. The molecule has 1 aliphatic carbocycles. The number of amidine groups is 1. The number of carbonyl (C=O) groups excluding carboxylic acids is 1. The molecule has 8 heteroatoms. The second-order valence-electron chi connectivity index (χ2n) is 8.06. The first kappa shape index (κ1) is 19.2. The number of hydrogen-bond donors (Lipinski definition) is 2. The molecular weight excluding hydrogens is 407 g/mol. The SMILES string of the molecule is O=C1C2CCCCC2N2C(c3cc(Cl)ccc3O)=NNC2N1Cc1ccc(F)cc1. The van der Waals surface area contributed by atoms with Gasteiger partial charge in [-0.05, 0) is 48.7 Å². The van der Waals surface area contributed by atoms with Gasteiger partial charge < -0.3 is 10.0 Å². The molecule has 0 aromatic heterocycles. The highest BCUT2D eigenvalue weighted by Gasteiger charge is 2.51. The molecule has 3 unspecified atom stereocenters. The van der Waals surface area contributed by atoms with Gasteiger partial charge in [0.2, 0.25) is 5.91 Å². The van der Waals surface area contributed by atoms with Crippen LogP contribution in [0.5, 0.6) is 5.75 Å². The van der Waals surface area contributed by atoms with E-state index in [0.717, 1.165) is 31.2 Å². The van der Waals surface area contributed by atoms with Crippen LogP contribution in [0.4, 0.5) is 4.39 Å². The number of benzene rings is 2. The second-order valence-corrected chi connectivity index (χ2v) is 8.49.